The van der Waals surface area contributed by atoms with Gasteiger partial charge in [0.15, 0.2) is 0 Å². The number of nitrogens with one attached hydrogen (secondary N) is 1. The number of carbonyl (C=O) groups is 1. The summed E-state index contributed by atoms with van der Waals surface area (Å²) in [6.45, 7) is 6.28. The SMILES string of the molecule is Cc1ccc(-c2noc(CN3CCC(C(=O)Nc4cc(C)ccn4)CC3)n2)cc1. The van der Waals surface area contributed by atoms with E-state index in [1.54, 1.807) is 6.20 Å². The Balaban J connectivity index is 1.29. The highest BCUT2D eigenvalue weighted by Crippen LogP contribution is 2.22. The number of piperidine rings is 1. The molecule has 0 atom stereocenters. The molecular formula is C22H25N5O2. The molecule has 3 aromatic rings. The average Bonchev–Trinajstić information content (AvgIpc) is 3.17. The van der Waals surface area contributed by atoms with Crippen molar-refractivity contribution in [1.82, 2.24) is 20.0 Å². The zero-order valence-electron chi connectivity index (χ0n) is 16.8. The summed E-state index contributed by atoms with van der Waals surface area (Å²) in [4.78, 5) is 23.5. The zero-order chi connectivity index (χ0) is 20.2. The van der Waals surface area contributed by atoms with Crippen LogP contribution in [0.2, 0.25) is 0 Å². The standard InChI is InChI=1S/C22H25N5O2/c1-15-3-5-17(6-4-15)21-25-20(29-26-21)14-27-11-8-18(9-12-27)22(28)24-19-13-16(2)7-10-23-19/h3-7,10,13,18H,8-9,11-12,14H2,1-2H3,(H,23,24,28). The first-order valence-electron chi connectivity index (χ1n) is 9.92. The number of aromatic nitrogens is 3. The molecule has 29 heavy (non-hydrogen) atoms. The van der Waals surface area contributed by atoms with Crippen LogP contribution in [0.5, 0.6) is 0 Å². The molecule has 0 unspecified atom stereocenters. The van der Waals surface area contributed by atoms with Gasteiger partial charge in [-0.3, -0.25) is 9.69 Å². The summed E-state index contributed by atoms with van der Waals surface area (Å²) in [5.74, 6) is 1.88. The lowest BCUT2D eigenvalue weighted by Gasteiger charge is -2.30. The number of pyridine rings is 1. The molecule has 2 aromatic heterocycles. The molecule has 0 saturated carbocycles. The van der Waals surface area contributed by atoms with Crippen LogP contribution in [0.1, 0.15) is 29.9 Å². The van der Waals surface area contributed by atoms with Gasteiger partial charge < -0.3 is 9.84 Å². The van der Waals surface area contributed by atoms with Gasteiger partial charge >= 0.3 is 0 Å². The van der Waals surface area contributed by atoms with Crippen molar-refractivity contribution in [2.75, 3.05) is 18.4 Å². The van der Waals surface area contributed by atoms with Crippen LogP contribution < -0.4 is 5.32 Å². The van der Waals surface area contributed by atoms with Crippen molar-refractivity contribution in [3.05, 3.63) is 59.6 Å². The zero-order valence-corrected chi connectivity index (χ0v) is 16.8. The summed E-state index contributed by atoms with van der Waals surface area (Å²) in [5.41, 5.74) is 3.22. The molecule has 0 radical (unpaired) electrons. The number of hydrogen-bond acceptors (Lipinski definition) is 6. The van der Waals surface area contributed by atoms with Gasteiger partial charge in [0.05, 0.1) is 6.54 Å². The van der Waals surface area contributed by atoms with Crippen molar-refractivity contribution in [3.8, 4) is 11.4 Å². The van der Waals surface area contributed by atoms with Crippen LogP contribution >= 0.6 is 0 Å². The Morgan fingerprint density at radius 1 is 1.14 bits per heavy atom. The van der Waals surface area contributed by atoms with E-state index in [0.717, 1.165) is 37.1 Å². The van der Waals surface area contributed by atoms with E-state index in [1.807, 2.05) is 50.2 Å². The summed E-state index contributed by atoms with van der Waals surface area (Å²) >= 11 is 0. The van der Waals surface area contributed by atoms with Crippen LogP contribution in [0.25, 0.3) is 11.4 Å². The maximum atomic E-state index is 12.5. The van der Waals surface area contributed by atoms with E-state index in [9.17, 15) is 4.79 Å². The lowest BCUT2D eigenvalue weighted by molar-refractivity contribution is -0.121. The lowest BCUT2D eigenvalue weighted by atomic mass is 9.96. The normalized spacial score (nSPS) is 15.4. The molecule has 1 N–H and O–H groups in total. The second-order valence-corrected chi connectivity index (χ2v) is 7.64. The number of nitrogens with zero attached hydrogens (tertiary/aromatic N) is 4. The fraction of sp³-hybridized carbons (Fsp3) is 0.364. The van der Waals surface area contributed by atoms with Gasteiger partial charge in [-0.25, -0.2) is 4.98 Å². The number of amides is 1. The number of aryl methyl sites for hydroxylation is 2. The monoisotopic (exact) mass is 391 g/mol. The summed E-state index contributed by atoms with van der Waals surface area (Å²) in [5, 5.41) is 7.03. The van der Waals surface area contributed by atoms with Gasteiger partial charge in [-0.15, -0.1) is 0 Å². The minimum atomic E-state index is -0.000586. The minimum absolute atomic E-state index is 0.000586. The van der Waals surface area contributed by atoms with Crippen LogP contribution in [0.15, 0.2) is 47.1 Å². The van der Waals surface area contributed by atoms with Gasteiger partial charge in [-0.2, -0.15) is 4.98 Å². The number of rotatable bonds is 5. The van der Waals surface area contributed by atoms with Gasteiger partial charge in [-0.1, -0.05) is 35.0 Å². The first-order valence-corrected chi connectivity index (χ1v) is 9.92. The summed E-state index contributed by atoms with van der Waals surface area (Å²) in [6.07, 6.45) is 3.32. The molecule has 1 fully saturated rings. The van der Waals surface area contributed by atoms with Crippen molar-refractivity contribution < 1.29 is 9.32 Å². The molecule has 1 aromatic carbocycles. The smallest absolute Gasteiger partial charge is 0.241 e. The van der Waals surface area contributed by atoms with Crippen LogP contribution in [0.3, 0.4) is 0 Å². The minimum Gasteiger partial charge on any atom is -0.338 e. The molecule has 1 saturated heterocycles. The quantitative estimate of drug-likeness (QED) is 0.715. The van der Waals surface area contributed by atoms with Crippen molar-refractivity contribution in [3.63, 3.8) is 0 Å². The van der Waals surface area contributed by atoms with Crippen LogP contribution in [0, 0.1) is 19.8 Å². The summed E-state index contributed by atoms with van der Waals surface area (Å²) < 4.78 is 5.43. The van der Waals surface area contributed by atoms with Gasteiger partial charge in [0.2, 0.25) is 17.6 Å². The second-order valence-electron chi connectivity index (χ2n) is 7.64. The maximum Gasteiger partial charge on any atom is 0.241 e. The molecule has 0 aliphatic carbocycles. The fourth-order valence-corrected chi connectivity index (χ4v) is 3.52. The van der Waals surface area contributed by atoms with Crippen molar-refractivity contribution in [2.45, 2.75) is 33.2 Å². The van der Waals surface area contributed by atoms with E-state index in [0.29, 0.717) is 24.1 Å². The average molecular weight is 391 g/mol. The topological polar surface area (TPSA) is 84.2 Å². The summed E-state index contributed by atoms with van der Waals surface area (Å²) in [7, 11) is 0. The van der Waals surface area contributed by atoms with Crippen LogP contribution in [0.4, 0.5) is 5.82 Å². The molecule has 3 heterocycles. The van der Waals surface area contributed by atoms with Crippen molar-refractivity contribution >= 4 is 11.7 Å². The Bertz CT molecular complexity index is 975. The largest absolute Gasteiger partial charge is 0.338 e. The molecule has 150 valence electrons. The third-order valence-corrected chi connectivity index (χ3v) is 5.26. The van der Waals surface area contributed by atoms with Gasteiger partial charge in [0.1, 0.15) is 5.82 Å². The Kier molecular flexibility index (Phi) is 5.67. The highest BCUT2D eigenvalue weighted by molar-refractivity contribution is 5.91. The predicted molar refractivity (Wildman–Crippen MR) is 110 cm³/mol. The van der Waals surface area contributed by atoms with E-state index in [-0.39, 0.29) is 11.8 Å². The van der Waals surface area contributed by atoms with E-state index < -0.39 is 0 Å². The Morgan fingerprint density at radius 2 is 1.90 bits per heavy atom. The first kappa shape index (κ1) is 19.3. The number of likely N-dealkylation sites (tertiary alicyclic amines) is 1. The molecule has 0 bridgehead atoms. The molecule has 7 heteroatoms. The van der Waals surface area contributed by atoms with E-state index in [2.05, 4.69) is 25.3 Å². The first-order chi connectivity index (χ1) is 14.1. The predicted octanol–water partition coefficient (Wildman–Crippen LogP) is 3.60. The van der Waals surface area contributed by atoms with Crippen molar-refractivity contribution in [1.29, 1.82) is 0 Å². The Morgan fingerprint density at radius 3 is 2.62 bits per heavy atom. The Labute approximate surface area is 170 Å². The number of benzene rings is 1. The third kappa shape index (κ3) is 4.86. The summed E-state index contributed by atoms with van der Waals surface area (Å²) in [6, 6.07) is 11.9. The van der Waals surface area contributed by atoms with Gasteiger partial charge in [0.25, 0.3) is 0 Å². The second kappa shape index (κ2) is 8.53. The van der Waals surface area contributed by atoms with Crippen molar-refractivity contribution in [2.24, 2.45) is 5.92 Å². The Hall–Kier alpha value is -3.06. The number of anilines is 1. The third-order valence-electron chi connectivity index (χ3n) is 5.26. The molecular weight excluding hydrogens is 366 g/mol. The number of hydrogen-bond donors (Lipinski definition) is 1. The van der Waals surface area contributed by atoms with Crippen LogP contribution in [-0.2, 0) is 11.3 Å². The van der Waals surface area contributed by atoms with Gasteiger partial charge in [0, 0.05) is 17.7 Å². The lowest BCUT2D eigenvalue weighted by Crippen LogP contribution is -2.37. The van der Waals surface area contributed by atoms with Crippen LogP contribution in [-0.4, -0.2) is 39.0 Å². The van der Waals surface area contributed by atoms with Gasteiger partial charge in [-0.05, 0) is 57.5 Å². The number of carbonyl (C=O) groups excluding carboxylic acids is 1. The van der Waals surface area contributed by atoms with E-state index in [4.69, 9.17) is 4.52 Å². The molecule has 1 aliphatic heterocycles. The highest BCUT2D eigenvalue weighted by atomic mass is 16.5. The maximum absolute atomic E-state index is 12.5. The highest BCUT2D eigenvalue weighted by Gasteiger charge is 2.26. The molecule has 1 aliphatic rings. The molecule has 4 rings (SSSR count). The fourth-order valence-electron chi connectivity index (χ4n) is 3.52. The molecule has 7 nitrogen and oxygen atoms in total. The molecule has 0 spiro atoms. The van der Waals surface area contributed by atoms with E-state index >= 15 is 0 Å². The van der Waals surface area contributed by atoms with E-state index in [1.165, 1.54) is 5.56 Å². The molecule has 1 amide bonds.